The van der Waals surface area contributed by atoms with Crippen molar-refractivity contribution in [3.05, 3.63) is 60.7 Å². The second-order valence-corrected chi connectivity index (χ2v) is 6.26. The first kappa shape index (κ1) is 14.3. The molecule has 1 aromatic heterocycles. The van der Waals surface area contributed by atoms with E-state index in [9.17, 15) is 0 Å². The largest absolute Gasteiger partial charge is 0.319 e. The third-order valence-corrected chi connectivity index (χ3v) is 4.24. The van der Waals surface area contributed by atoms with E-state index >= 15 is 0 Å². The van der Waals surface area contributed by atoms with Crippen molar-refractivity contribution in [2.45, 2.75) is 6.04 Å². The zero-order chi connectivity index (χ0) is 13.3. The molecule has 0 aliphatic carbocycles. The highest BCUT2D eigenvalue weighted by Gasteiger charge is 2.15. The van der Waals surface area contributed by atoms with Gasteiger partial charge in [-0.15, -0.1) is 0 Å². The van der Waals surface area contributed by atoms with E-state index in [4.69, 9.17) is 28.9 Å². The summed E-state index contributed by atoms with van der Waals surface area (Å²) >= 11 is 18.7. The van der Waals surface area contributed by atoms with Crippen LogP contribution in [0.1, 0.15) is 17.3 Å². The molecule has 0 aliphatic rings. The molecule has 0 aliphatic heterocycles. The molecular formula is C12H8Br2Cl2N2. The molecule has 0 bridgehead atoms. The second kappa shape index (κ2) is 5.88. The fraction of sp³-hybridized carbons (Fsp3) is 0.0833. The first-order valence-electron chi connectivity index (χ1n) is 5.00. The Morgan fingerprint density at radius 3 is 2.44 bits per heavy atom. The van der Waals surface area contributed by atoms with Crippen molar-refractivity contribution >= 4 is 55.1 Å². The van der Waals surface area contributed by atoms with E-state index < -0.39 is 0 Å². The van der Waals surface area contributed by atoms with Crippen LogP contribution in [0.5, 0.6) is 0 Å². The molecular weight excluding hydrogens is 403 g/mol. The molecule has 1 heterocycles. The molecule has 0 saturated carbocycles. The molecule has 2 aromatic rings. The van der Waals surface area contributed by atoms with Crippen molar-refractivity contribution in [1.82, 2.24) is 4.98 Å². The summed E-state index contributed by atoms with van der Waals surface area (Å²) in [6, 6.07) is 6.87. The summed E-state index contributed by atoms with van der Waals surface area (Å²) < 4.78 is 1.73. The number of halogens is 4. The van der Waals surface area contributed by atoms with Crippen LogP contribution in [0.3, 0.4) is 0 Å². The van der Waals surface area contributed by atoms with E-state index in [0.29, 0.717) is 10.0 Å². The van der Waals surface area contributed by atoms with E-state index in [-0.39, 0.29) is 6.04 Å². The van der Waals surface area contributed by atoms with E-state index in [1.807, 2.05) is 12.1 Å². The van der Waals surface area contributed by atoms with Gasteiger partial charge in [-0.3, -0.25) is 4.98 Å². The molecule has 2 nitrogen and oxygen atoms in total. The first-order valence-corrected chi connectivity index (χ1v) is 7.34. The van der Waals surface area contributed by atoms with Gasteiger partial charge in [0, 0.05) is 15.1 Å². The van der Waals surface area contributed by atoms with Crippen LogP contribution < -0.4 is 5.73 Å². The van der Waals surface area contributed by atoms with Crippen LogP contribution in [0.4, 0.5) is 0 Å². The van der Waals surface area contributed by atoms with Crippen LogP contribution in [-0.4, -0.2) is 4.98 Å². The Balaban J connectivity index is 2.41. The average Bonchev–Trinajstić information content (AvgIpc) is 2.32. The highest BCUT2D eigenvalue weighted by Crippen LogP contribution is 2.30. The van der Waals surface area contributed by atoms with Gasteiger partial charge in [0.2, 0.25) is 0 Å². The van der Waals surface area contributed by atoms with Gasteiger partial charge in [-0.1, -0.05) is 29.3 Å². The summed E-state index contributed by atoms with van der Waals surface area (Å²) in [6.45, 7) is 0. The molecule has 1 aromatic carbocycles. The van der Waals surface area contributed by atoms with Gasteiger partial charge >= 0.3 is 0 Å². The Morgan fingerprint density at radius 2 is 1.83 bits per heavy atom. The molecule has 1 unspecified atom stereocenters. The highest BCUT2D eigenvalue weighted by molar-refractivity contribution is 9.11. The summed E-state index contributed by atoms with van der Waals surface area (Å²) in [5.41, 5.74) is 7.78. The predicted octanol–water partition coefficient (Wildman–Crippen LogP) is 4.96. The lowest BCUT2D eigenvalue weighted by Gasteiger charge is -2.14. The Kier molecular flexibility index (Phi) is 4.67. The van der Waals surface area contributed by atoms with Gasteiger partial charge in [-0.2, -0.15) is 0 Å². The molecule has 0 saturated heterocycles. The molecule has 0 fully saturated rings. The van der Waals surface area contributed by atoms with Gasteiger partial charge in [-0.25, -0.2) is 0 Å². The highest BCUT2D eigenvalue weighted by atomic mass is 79.9. The summed E-state index contributed by atoms with van der Waals surface area (Å²) in [5.74, 6) is 0. The number of nitrogens with two attached hydrogens (primary N) is 1. The molecule has 0 amide bonds. The topological polar surface area (TPSA) is 38.9 Å². The van der Waals surface area contributed by atoms with Crippen molar-refractivity contribution in [1.29, 1.82) is 0 Å². The van der Waals surface area contributed by atoms with Gasteiger partial charge in [-0.05, 0) is 55.6 Å². The smallest absolute Gasteiger partial charge is 0.0758 e. The Hall–Kier alpha value is -0.130. The Bertz CT molecular complexity index is 590. The third-order valence-electron chi connectivity index (χ3n) is 2.43. The van der Waals surface area contributed by atoms with Gasteiger partial charge < -0.3 is 5.73 Å². The minimum absolute atomic E-state index is 0.359. The maximum absolute atomic E-state index is 6.18. The van der Waals surface area contributed by atoms with Crippen molar-refractivity contribution in [3.8, 4) is 0 Å². The molecule has 1 atom stereocenters. The quantitative estimate of drug-likeness (QED) is 0.759. The number of pyridine rings is 1. The Labute approximate surface area is 132 Å². The first-order chi connectivity index (χ1) is 8.49. The lowest BCUT2D eigenvalue weighted by molar-refractivity contribution is 0.821. The predicted molar refractivity (Wildman–Crippen MR) is 82.1 cm³/mol. The van der Waals surface area contributed by atoms with Gasteiger partial charge in [0.1, 0.15) is 0 Å². The molecule has 18 heavy (non-hydrogen) atoms. The van der Waals surface area contributed by atoms with Crippen LogP contribution in [0.15, 0.2) is 39.4 Å². The molecule has 0 radical (unpaired) electrons. The number of aromatic nitrogens is 1. The number of rotatable bonds is 2. The minimum atomic E-state index is -0.359. The van der Waals surface area contributed by atoms with Crippen molar-refractivity contribution in [2.24, 2.45) is 5.73 Å². The molecule has 94 valence electrons. The SMILES string of the molecule is NC(c1ccc(Cl)c(Cl)c1)c1ncc(Br)cc1Br. The zero-order valence-electron chi connectivity index (χ0n) is 9.00. The molecule has 2 N–H and O–H groups in total. The number of hydrogen-bond acceptors (Lipinski definition) is 2. The van der Waals surface area contributed by atoms with Gasteiger partial charge in [0.25, 0.3) is 0 Å². The normalized spacial score (nSPS) is 12.5. The van der Waals surface area contributed by atoms with Gasteiger partial charge in [0.05, 0.1) is 21.8 Å². The van der Waals surface area contributed by atoms with Crippen LogP contribution in [0, 0.1) is 0 Å². The van der Waals surface area contributed by atoms with E-state index in [1.165, 1.54) is 0 Å². The number of nitrogens with zero attached hydrogens (tertiary/aromatic N) is 1. The summed E-state index contributed by atoms with van der Waals surface area (Å²) in [4.78, 5) is 4.31. The zero-order valence-corrected chi connectivity index (χ0v) is 13.7. The standard InChI is InChI=1S/C12H8Br2Cl2N2/c13-7-4-8(14)12(18-5-7)11(17)6-1-2-9(15)10(16)3-6/h1-5,11H,17H2. The van der Waals surface area contributed by atoms with Crippen molar-refractivity contribution < 1.29 is 0 Å². The summed E-state index contributed by atoms with van der Waals surface area (Å²) in [6.07, 6.45) is 1.71. The van der Waals surface area contributed by atoms with Crippen LogP contribution in [0.25, 0.3) is 0 Å². The monoisotopic (exact) mass is 408 g/mol. The Morgan fingerprint density at radius 1 is 1.11 bits per heavy atom. The van der Waals surface area contributed by atoms with E-state index in [0.717, 1.165) is 20.2 Å². The second-order valence-electron chi connectivity index (χ2n) is 3.67. The average molecular weight is 411 g/mol. The summed E-state index contributed by atoms with van der Waals surface area (Å²) in [7, 11) is 0. The number of benzene rings is 1. The third kappa shape index (κ3) is 3.06. The fourth-order valence-corrected chi connectivity index (χ4v) is 3.06. The maximum atomic E-state index is 6.18. The summed E-state index contributed by atoms with van der Waals surface area (Å²) in [5, 5.41) is 0.994. The van der Waals surface area contributed by atoms with Crippen LogP contribution in [-0.2, 0) is 0 Å². The van der Waals surface area contributed by atoms with Gasteiger partial charge in [0.15, 0.2) is 0 Å². The minimum Gasteiger partial charge on any atom is -0.319 e. The fourth-order valence-electron chi connectivity index (χ4n) is 1.52. The number of hydrogen-bond donors (Lipinski definition) is 1. The molecule has 0 spiro atoms. The van der Waals surface area contributed by atoms with E-state index in [1.54, 1.807) is 18.3 Å². The molecule has 6 heteroatoms. The molecule has 2 rings (SSSR count). The lowest BCUT2D eigenvalue weighted by Crippen LogP contribution is -2.14. The van der Waals surface area contributed by atoms with Crippen molar-refractivity contribution in [2.75, 3.05) is 0 Å². The lowest BCUT2D eigenvalue weighted by atomic mass is 10.0. The van der Waals surface area contributed by atoms with Crippen molar-refractivity contribution in [3.63, 3.8) is 0 Å². The van der Waals surface area contributed by atoms with Crippen LogP contribution in [0.2, 0.25) is 10.0 Å². The van der Waals surface area contributed by atoms with E-state index in [2.05, 4.69) is 36.8 Å². The maximum Gasteiger partial charge on any atom is 0.0758 e. The van der Waals surface area contributed by atoms with Crippen LogP contribution >= 0.6 is 55.1 Å².